The number of nitrogens with zero attached hydrogens (tertiary/aromatic N) is 2. The summed E-state index contributed by atoms with van der Waals surface area (Å²) in [7, 11) is 0. The number of rotatable bonds is 0. The number of hydrogen-bond acceptors (Lipinski definition) is 4. The maximum Gasteiger partial charge on any atom is 0.0969 e. The zero-order valence-corrected chi connectivity index (χ0v) is 6.46. The number of hydrogen-bond donors (Lipinski definition) is 2. The van der Waals surface area contributed by atoms with Gasteiger partial charge in [-0.05, 0) is 0 Å². The molecule has 0 fully saturated rings. The molecule has 0 saturated heterocycles. The zero-order valence-electron chi connectivity index (χ0n) is 6.46. The quantitative estimate of drug-likeness (QED) is 0.530. The fourth-order valence-electron chi connectivity index (χ4n) is 1.04. The van der Waals surface area contributed by atoms with Gasteiger partial charge in [0.1, 0.15) is 0 Å². The van der Waals surface area contributed by atoms with Crippen LogP contribution in [-0.2, 0) is 0 Å². The zero-order chi connectivity index (χ0) is 9.14. The summed E-state index contributed by atoms with van der Waals surface area (Å²) in [6.45, 7) is 0. The minimum Gasteiger partial charge on any atom is -0.401 e. The first-order valence-electron chi connectivity index (χ1n) is 3.44. The molecular formula is C8H8N4. The lowest BCUT2D eigenvalue weighted by Gasteiger charge is -2.13. The molecule has 0 aliphatic heterocycles. The van der Waals surface area contributed by atoms with Crippen LogP contribution in [0.4, 0.5) is 0 Å². The predicted octanol–water partition coefficient (Wildman–Crippen LogP) is 0.253. The van der Waals surface area contributed by atoms with Gasteiger partial charge in [0.15, 0.2) is 0 Å². The average Bonchev–Trinajstić information content (AvgIpc) is 2.08. The van der Waals surface area contributed by atoms with E-state index in [-0.39, 0.29) is 0 Å². The second-order valence-corrected chi connectivity index (χ2v) is 2.58. The van der Waals surface area contributed by atoms with Crippen molar-refractivity contribution in [3.63, 3.8) is 0 Å². The fraction of sp³-hybridized carbons (Fsp3) is 0.250. The van der Waals surface area contributed by atoms with E-state index in [2.05, 4.69) is 0 Å². The van der Waals surface area contributed by atoms with Crippen molar-refractivity contribution in [3.05, 3.63) is 22.5 Å². The van der Waals surface area contributed by atoms with Crippen LogP contribution in [0, 0.1) is 22.7 Å². The smallest absolute Gasteiger partial charge is 0.0969 e. The summed E-state index contributed by atoms with van der Waals surface area (Å²) in [6, 6.07) is 3.92. The molecule has 60 valence electrons. The molecule has 4 heteroatoms. The van der Waals surface area contributed by atoms with Crippen LogP contribution in [0.2, 0.25) is 0 Å². The molecule has 0 amide bonds. The van der Waals surface area contributed by atoms with E-state index in [0.717, 1.165) is 0 Å². The molecule has 4 nitrogen and oxygen atoms in total. The number of allylic oxidation sites excluding steroid dienone is 2. The van der Waals surface area contributed by atoms with Crippen molar-refractivity contribution >= 4 is 0 Å². The van der Waals surface area contributed by atoms with Gasteiger partial charge in [0.2, 0.25) is 0 Å². The van der Waals surface area contributed by atoms with Crippen molar-refractivity contribution < 1.29 is 0 Å². The Balaban J connectivity index is 2.98. The Hall–Kier alpha value is -1.94. The summed E-state index contributed by atoms with van der Waals surface area (Å²) < 4.78 is 0. The third-order valence-electron chi connectivity index (χ3n) is 1.78. The van der Waals surface area contributed by atoms with E-state index in [4.69, 9.17) is 22.0 Å². The Bertz CT molecular complexity index is 312. The van der Waals surface area contributed by atoms with Gasteiger partial charge in [-0.3, -0.25) is 0 Å². The summed E-state index contributed by atoms with van der Waals surface area (Å²) in [6.07, 6.45) is 0.621. The second-order valence-electron chi connectivity index (χ2n) is 2.58. The summed E-state index contributed by atoms with van der Waals surface area (Å²) in [5.41, 5.74) is 12.9. The standard InChI is InChI=1S/C8H8N4/c9-3-5-1-7(11)6(4-10)2-8(5)12/h1-2,11-12H2. The van der Waals surface area contributed by atoms with Crippen molar-refractivity contribution in [2.45, 2.75) is 12.8 Å². The van der Waals surface area contributed by atoms with E-state index in [1.807, 2.05) is 12.1 Å². The van der Waals surface area contributed by atoms with Gasteiger partial charge >= 0.3 is 0 Å². The normalized spacial score (nSPS) is 17.2. The largest absolute Gasteiger partial charge is 0.401 e. The van der Waals surface area contributed by atoms with Gasteiger partial charge in [0, 0.05) is 24.2 Å². The molecule has 4 N–H and O–H groups in total. The number of nitrogens with two attached hydrogens (primary N) is 2. The van der Waals surface area contributed by atoms with Gasteiger partial charge in [-0.15, -0.1) is 0 Å². The summed E-state index contributed by atoms with van der Waals surface area (Å²) in [5.74, 6) is 0. The van der Waals surface area contributed by atoms with Crippen LogP contribution in [0.3, 0.4) is 0 Å². The first kappa shape index (κ1) is 8.16. The molecule has 0 spiro atoms. The van der Waals surface area contributed by atoms with Crippen molar-refractivity contribution in [2.24, 2.45) is 11.5 Å². The molecule has 0 unspecified atom stereocenters. The molecule has 0 bridgehead atoms. The lowest BCUT2D eigenvalue weighted by atomic mass is 9.95. The maximum atomic E-state index is 8.59. The summed E-state index contributed by atoms with van der Waals surface area (Å²) in [5, 5.41) is 17.2. The number of nitriles is 2. The molecule has 12 heavy (non-hydrogen) atoms. The Labute approximate surface area is 70.4 Å². The van der Waals surface area contributed by atoms with Crippen LogP contribution >= 0.6 is 0 Å². The van der Waals surface area contributed by atoms with Crippen molar-refractivity contribution in [1.82, 2.24) is 0 Å². The highest BCUT2D eigenvalue weighted by Crippen LogP contribution is 2.23. The van der Waals surface area contributed by atoms with Gasteiger partial charge in [-0.25, -0.2) is 0 Å². The SMILES string of the molecule is N#CC1=C(N)CC(C#N)=C(N)C1. The Morgan fingerprint density at radius 2 is 1.25 bits per heavy atom. The van der Waals surface area contributed by atoms with E-state index >= 15 is 0 Å². The monoisotopic (exact) mass is 160 g/mol. The van der Waals surface area contributed by atoms with E-state index in [1.54, 1.807) is 0 Å². The minimum absolute atomic E-state index is 0.311. The van der Waals surface area contributed by atoms with Gasteiger partial charge < -0.3 is 11.5 Å². The molecule has 0 aromatic carbocycles. The van der Waals surface area contributed by atoms with Crippen LogP contribution in [0.5, 0.6) is 0 Å². The summed E-state index contributed by atoms with van der Waals surface area (Å²) in [4.78, 5) is 0. The molecule has 0 aromatic heterocycles. The first-order valence-corrected chi connectivity index (χ1v) is 3.44. The van der Waals surface area contributed by atoms with E-state index in [9.17, 15) is 0 Å². The molecule has 0 heterocycles. The van der Waals surface area contributed by atoms with Crippen molar-refractivity contribution in [2.75, 3.05) is 0 Å². The van der Waals surface area contributed by atoms with Gasteiger partial charge in [0.05, 0.1) is 23.3 Å². The van der Waals surface area contributed by atoms with E-state index < -0.39 is 0 Å². The third kappa shape index (κ3) is 1.23. The third-order valence-corrected chi connectivity index (χ3v) is 1.78. The van der Waals surface area contributed by atoms with Crippen LogP contribution in [0.15, 0.2) is 22.5 Å². The molecule has 0 aromatic rings. The Morgan fingerprint density at radius 1 is 0.917 bits per heavy atom. The molecule has 0 atom stereocenters. The van der Waals surface area contributed by atoms with Crippen molar-refractivity contribution in [1.29, 1.82) is 10.5 Å². The molecule has 1 aliphatic rings. The molecular weight excluding hydrogens is 152 g/mol. The van der Waals surface area contributed by atoms with Crippen molar-refractivity contribution in [3.8, 4) is 12.1 Å². The van der Waals surface area contributed by atoms with Crippen LogP contribution in [0.1, 0.15) is 12.8 Å². The van der Waals surface area contributed by atoms with Gasteiger partial charge in [-0.1, -0.05) is 0 Å². The van der Waals surface area contributed by atoms with Gasteiger partial charge in [0.25, 0.3) is 0 Å². The predicted molar refractivity (Wildman–Crippen MR) is 42.9 cm³/mol. The lowest BCUT2D eigenvalue weighted by Crippen LogP contribution is -2.14. The average molecular weight is 160 g/mol. The van der Waals surface area contributed by atoms with Crippen LogP contribution in [0.25, 0.3) is 0 Å². The highest BCUT2D eigenvalue weighted by molar-refractivity contribution is 5.43. The van der Waals surface area contributed by atoms with E-state index in [1.165, 1.54) is 0 Å². The van der Waals surface area contributed by atoms with Crippen LogP contribution < -0.4 is 11.5 Å². The highest BCUT2D eigenvalue weighted by atomic mass is 14.6. The first-order chi connectivity index (χ1) is 5.69. The topological polar surface area (TPSA) is 99.6 Å². The summed E-state index contributed by atoms with van der Waals surface area (Å²) >= 11 is 0. The molecule has 0 radical (unpaired) electrons. The minimum atomic E-state index is 0.311. The second kappa shape index (κ2) is 2.98. The Kier molecular flexibility index (Phi) is 2.02. The lowest BCUT2D eigenvalue weighted by molar-refractivity contribution is 0.940. The molecule has 0 saturated carbocycles. The molecule has 1 aliphatic carbocycles. The highest BCUT2D eigenvalue weighted by Gasteiger charge is 2.16. The fourth-order valence-corrected chi connectivity index (χ4v) is 1.04. The maximum absolute atomic E-state index is 8.59. The molecule has 1 rings (SSSR count). The van der Waals surface area contributed by atoms with Crippen LogP contribution in [-0.4, -0.2) is 0 Å². The Morgan fingerprint density at radius 3 is 1.50 bits per heavy atom. The van der Waals surface area contributed by atoms with Gasteiger partial charge in [-0.2, -0.15) is 10.5 Å². The van der Waals surface area contributed by atoms with E-state index in [0.29, 0.717) is 35.4 Å².